The van der Waals surface area contributed by atoms with Crippen molar-refractivity contribution < 1.29 is 9.53 Å². The van der Waals surface area contributed by atoms with Gasteiger partial charge in [-0.05, 0) is 24.1 Å². The van der Waals surface area contributed by atoms with Gasteiger partial charge in [-0.1, -0.05) is 25.1 Å². The van der Waals surface area contributed by atoms with Gasteiger partial charge in [0.15, 0.2) is 0 Å². The molecule has 0 saturated carbocycles. The summed E-state index contributed by atoms with van der Waals surface area (Å²) < 4.78 is 7.22. The van der Waals surface area contributed by atoms with E-state index in [4.69, 9.17) is 4.74 Å². The average Bonchev–Trinajstić information content (AvgIpc) is 3.12. The van der Waals surface area contributed by atoms with E-state index in [1.807, 2.05) is 31.2 Å². The Balaban J connectivity index is 1.52. The third-order valence-corrected chi connectivity index (χ3v) is 4.75. The number of aryl methyl sites for hydroxylation is 1. The van der Waals surface area contributed by atoms with Crippen molar-refractivity contribution in [3.05, 3.63) is 68.5 Å². The molecule has 1 amide bonds. The number of rotatable bonds is 5. The number of carbonyl (C=O) groups excluding carboxylic acids is 1. The van der Waals surface area contributed by atoms with E-state index in [1.54, 1.807) is 0 Å². The molecule has 3 heterocycles. The maximum absolute atomic E-state index is 12.5. The lowest BCUT2D eigenvalue weighted by atomic mass is 10.1. The van der Waals surface area contributed by atoms with Gasteiger partial charge in [0.1, 0.15) is 17.5 Å². The summed E-state index contributed by atoms with van der Waals surface area (Å²) in [5, 5.41) is 3.04. The number of amides is 1. The van der Waals surface area contributed by atoms with Gasteiger partial charge in [0, 0.05) is 19.2 Å². The number of pyridine rings is 1. The van der Waals surface area contributed by atoms with Gasteiger partial charge in [0.25, 0.3) is 11.5 Å². The van der Waals surface area contributed by atoms with Crippen LogP contribution in [0.5, 0.6) is 5.75 Å². The van der Waals surface area contributed by atoms with Crippen molar-refractivity contribution in [3.8, 4) is 5.75 Å². The minimum atomic E-state index is -0.552. The summed E-state index contributed by atoms with van der Waals surface area (Å²) in [4.78, 5) is 43.1. The molecule has 144 valence electrons. The quantitative estimate of drug-likeness (QED) is 0.692. The monoisotopic (exact) mass is 380 g/mol. The topological polar surface area (TPSA) is 106 Å². The van der Waals surface area contributed by atoms with Crippen LogP contribution in [0.15, 0.2) is 46.1 Å². The predicted molar refractivity (Wildman–Crippen MR) is 104 cm³/mol. The SMILES string of the molecule is CCCn1c(=O)[nH]c(=O)c2cc(C(=O)NCC3Cc4ccccc4O3)cnc21. The molecule has 1 atom stereocenters. The first-order chi connectivity index (χ1) is 13.6. The number of nitrogens with one attached hydrogen (secondary N) is 2. The van der Waals surface area contributed by atoms with E-state index in [1.165, 1.54) is 16.8 Å². The van der Waals surface area contributed by atoms with E-state index in [9.17, 15) is 14.4 Å². The lowest BCUT2D eigenvalue weighted by Crippen LogP contribution is -2.35. The molecule has 1 aliphatic rings. The third-order valence-electron chi connectivity index (χ3n) is 4.75. The Bertz CT molecular complexity index is 1140. The number of nitrogens with zero attached hydrogens (tertiary/aromatic N) is 2. The molecule has 8 nitrogen and oxygen atoms in total. The van der Waals surface area contributed by atoms with Crippen LogP contribution < -0.4 is 21.3 Å². The van der Waals surface area contributed by atoms with Gasteiger partial charge in [0.05, 0.1) is 17.5 Å². The summed E-state index contributed by atoms with van der Waals surface area (Å²) in [6.45, 7) is 2.70. The average molecular weight is 380 g/mol. The van der Waals surface area contributed by atoms with Crippen LogP contribution in [0.3, 0.4) is 0 Å². The van der Waals surface area contributed by atoms with Gasteiger partial charge in [0.2, 0.25) is 0 Å². The van der Waals surface area contributed by atoms with E-state index in [0.29, 0.717) is 13.1 Å². The van der Waals surface area contributed by atoms with E-state index in [2.05, 4.69) is 15.3 Å². The standard InChI is InChI=1S/C20H20N4O4/c1-2-7-24-17-15(19(26)23-20(24)27)9-13(10-21-17)18(25)22-11-14-8-12-5-3-4-6-16(12)28-14/h3-6,9-10,14H,2,7-8,11H2,1H3,(H,22,25)(H,23,26,27). The van der Waals surface area contributed by atoms with Crippen LogP contribution >= 0.6 is 0 Å². The second-order valence-electron chi connectivity index (χ2n) is 6.77. The van der Waals surface area contributed by atoms with Gasteiger partial charge < -0.3 is 10.1 Å². The molecule has 28 heavy (non-hydrogen) atoms. The zero-order valence-electron chi connectivity index (χ0n) is 15.4. The molecule has 1 aromatic carbocycles. The zero-order valence-corrected chi connectivity index (χ0v) is 15.4. The molecular weight excluding hydrogens is 360 g/mol. The molecule has 1 unspecified atom stereocenters. The second kappa shape index (κ2) is 7.30. The van der Waals surface area contributed by atoms with Gasteiger partial charge in [-0.3, -0.25) is 19.1 Å². The van der Waals surface area contributed by atoms with Crippen LogP contribution in [0.25, 0.3) is 11.0 Å². The minimum absolute atomic E-state index is 0.132. The molecule has 0 saturated heterocycles. The zero-order chi connectivity index (χ0) is 19.7. The van der Waals surface area contributed by atoms with Gasteiger partial charge in [-0.15, -0.1) is 0 Å². The smallest absolute Gasteiger partial charge is 0.329 e. The lowest BCUT2D eigenvalue weighted by molar-refractivity contribution is 0.0933. The Labute approximate surface area is 160 Å². The maximum Gasteiger partial charge on any atom is 0.329 e. The van der Waals surface area contributed by atoms with Crippen LogP contribution in [0.2, 0.25) is 0 Å². The molecule has 8 heteroatoms. The fraction of sp³-hybridized carbons (Fsp3) is 0.300. The Hall–Kier alpha value is -3.42. The van der Waals surface area contributed by atoms with Gasteiger partial charge in [-0.25, -0.2) is 9.78 Å². The second-order valence-corrected chi connectivity index (χ2v) is 6.77. The van der Waals surface area contributed by atoms with E-state index < -0.39 is 11.2 Å². The summed E-state index contributed by atoms with van der Waals surface area (Å²) in [5.74, 6) is 0.496. The maximum atomic E-state index is 12.5. The van der Waals surface area contributed by atoms with Crippen LogP contribution in [-0.4, -0.2) is 33.1 Å². The van der Waals surface area contributed by atoms with Crippen molar-refractivity contribution in [1.82, 2.24) is 19.9 Å². The number of aromatic nitrogens is 3. The number of fused-ring (bicyclic) bond motifs is 2. The van der Waals surface area contributed by atoms with E-state index in [0.717, 1.165) is 24.2 Å². The Kier molecular flexibility index (Phi) is 4.68. The van der Waals surface area contributed by atoms with Crippen molar-refractivity contribution >= 4 is 16.9 Å². The van der Waals surface area contributed by atoms with Crippen LogP contribution in [-0.2, 0) is 13.0 Å². The Morgan fingerprint density at radius 2 is 2.18 bits per heavy atom. The first kappa shape index (κ1) is 18.0. The summed E-state index contributed by atoms with van der Waals surface area (Å²) in [5.41, 5.74) is 0.609. The first-order valence-corrected chi connectivity index (χ1v) is 9.22. The highest BCUT2D eigenvalue weighted by Crippen LogP contribution is 2.27. The van der Waals surface area contributed by atoms with Crippen molar-refractivity contribution in [1.29, 1.82) is 0 Å². The number of carbonyl (C=O) groups is 1. The number of aromatic amines is 1. The summed E-state index contributed by atoms with van der Waals surface area (Å²) >= 11 is 0. The molecule has 0 fully saturated rings. The third kappa shape index (κ3) is 3.28. The molecule has 1 aliphatic heterocycles. The van der Waals surface area contributed by atoms with Crippen LogP contribution in [0.1, 0.15) is 29.3 Å². The first-order valence-electron chi connectivity index (χ1n) is 9.22. The molecule has 0 radical (unpaired) electrons. The van der Waals surface area contributed by atoms with E-state index >= 15 is 0 Å². The molecule has 2 N–H and O–H groups in total. The van der Waals surface area contributed by atoms with Crippen LogP contribution in [0, 0.1) is 0 Å². The largest absolute Gasteiger partial charge is 0.488 e. The highest BCUT2D eigenvalue weighted by atomic mass is 16.5. The number of ether oxygens (including phenoxy) is 1. The highest BCUT2D eigenvalue weighted by Gasteiger charge is 2.23. The van der Waals surface area contributed by atoms with Gasteiger partial charge >= 0.3 is 5.69 Å². The normalized spacial score (nSPS) is 15.2. The lowest BCUT2D eigenvalue weighted by Gasteiger charge is -2.12. The van der Waals surface area contributed by atoms with Crippen molar-refractivity contribution in [2.24, 2.45) is 0 Å². The predicted octanol–water partition coefficient (Wildman–Crippen LogP) is 1.23. The van der Waals surface area contributed by atoms with Crippen molar-refractivity contribution in [2.45, 2.75) is 32.4 Å². The summed E-state index contributed by atoms with van der Waals surface area (Å²) in [6, 6.07) is 9.25. The fourth-order valence-electron chi connectivity index (χ4n) is 3.40. The molecule has 3 aromatic rings. The highest BCUT2D eigenvalue weighted by molar-refractivity contribution is 5.96. The number of hydrogen-bond donors (Lipinski definition) is 2. The fourth-order valence-corrected chi connectivity index (χ4v) is 3.40. The summed E-state index contributed by atoms with van der Waals surface area (Å²) in [7, 11) is 0. The van der Waals surface area contributed by atoms with E-state index in [-0.39, 0.29) is 28.6 Å². The van der Waals surface area contributed by atoms with Crippen molar-refractivity contribution in [3.63, 3.8) is 0 Å². The molecule has 0 aliphatic carbocycles. The Morgan fingerprint density at radius 1 is 1.36 bits per heavy atom. The van der Waals surface area contributed by atoms with Crippen molar-refractivity contribution in [2.75, 3.05) is 6.54 Å². The molecular formula is C20H20N4O4. The number of hydrogen-bond acceptors (Lipinski definition) is 5. The Morgan fingerprint density at radius 3 is 2.96 bits per heavy atom. The van der Waals surface area contributed by atoms with Gasteiger partial charge in [-0.2, -0.15) is 0 Å². The number of para-hydroxylation sites is 1. The molecule has 4 rings (SSSR count). The molecule has 2 aromatic heterocycles. The number of H-pyrrole nitrogens is 1. The molecule has 0 spiro atoms. The van der Waals surface area contributed by atoms with Crippen LogP contribution in [0.4, 0.5) is 0 Å². The molecule has 0 bridgehead atoms. The minimum Gasteiger partial charge on any atom is -0.488 e. The summed E-state index contributed by atoms with van der Waals surface area (Å²) in [6.07, 6.45) is 2.70. The number of benzene rings is 1.